The number of allylic oxidation sites excluding steroid dienone is 1. The Morgan fingerprint density at radius 2 is 1.71 bits per heavy atom. The van der Waals surface area contributed by atoms with Gasteiger partial charge in [0.1, 0.15) is 0 Å². The van der Waals surface area contributed by atoms with E-state index in [1.54, 1.807) is 0 Å². The second-order valence-corrected chi connectivity index (χ2v) is 4.88. The number of rotatable bonds is 14. The van der Waals surface area contributed by atoms with Gasteiger partial charge in [0.15, 0.2) is 6.29 Å². The molecule has 0 spiro atoms. The van der Waals surface area contributed by atoms with Crippen LogP contribution in [0, 0.1) is 0 Å². The average Bonchev–Trinajstić information content (AvgIpc) is 2.47. The second-order valence-electron chi connectivity index (χ2n) is 4.88. The van der Waals surface area contributed by atoms with Crippen molar-refractivity contribution in [3.8, 4) is 0 Å². The minimum Gasteiger partial charge on any atom is -0.466 e. The lowest BCUT2D eigenvalue weighted by atomic mass is 10.1. The van der Waals surface area contributed by atoms with E-state index < -0.39 is 0 Å². The van der Waals surface area contributed by atoms with E-state index in [4.69, 9.17) is 14.2 Å². The van der Waals surface area contributed by atoms with E-state index in [2.05, 4.69) is 13.0 Å². The zero-order valence-electron chi connectivity index (χ0n) is 13.9. The number of carbonyl (C=O) groups is 1. The Balaban J connectivity index is 3.51. The summed E-state index contributed by atoms with van der Waals surface area (Å²) in [4.78, 5) is 11.4. The predicted molar refractivity (Wildman–Crippen MR) is 85.1 cm³/mol. The van der Waals surface area contributed by atoms with Crippen LogP contribution in [0.25, 0.3) is 0 Å². The maximum atomic E-state index is 11.4. The fourth-order valence-corrected chi connectivity index (χ4v) is 1.81. The van der Waals surface area contributed by atoms with E-state index in [-0.39, 0.29) is 12.3 Å². The number of unbranched alkanes of at least 4 members (excludes halogenated alkanes) is 4. The minimum absolute atomic E-state index is 0.0632. The standard InChI is InChI=1S/C17H32O4/c1-4-7-15-21-16(18)13-11-9-8-10-12-14-17(19-5-2)20-6-3/h12,14,17H,4-11,13,15H2,1-3H3/b14-12-. The molecule has 0 aliphatic carbocycles. The van der Waals surface area contributed by atoms with E-state index >= 15 is 0 Å². The van der Waals surface area contributed by atoms with Crippen LogP contribution >= 0.6 is 0 Å². The first-order valence-electron chi connectivity index (χ1n) is 8.30. The zero-order valence-corrected chi connectivity index (χ0v) is 13.9. The molecule has 0 aliphatic rings. The van der Waals surface area contributed by atoms with Gasteiger partial charge < -0.3 is 14.2 Å². The third-order valence-corrected chi connectivity index (χ3v) is 2.97. The highest BCUT2D eigenvalue weighted by atomic mass is 16.7. The van der Waals surface area contributed by atoms with E-state index in [9.17, 15) is 4.79 Å². The van der Waals surface area contributed by atoms with Crippen molar-refractivity contribution in [1.82, 2.24) is 0 Å². The summed E-state index contributed by atoms with van der Waals surface area (Å²) in [6, 6.07) is 0. The van der Waals surface area contributed by atoms with Crippen molar-refractivity contribution in [3.63, 3.8) is 0 Å². The highest BCUT2D eigenvalue weighted by molar-refractivity contribution is 5.69. The zero-order chi connectivity index (χ0) is 15.8. The van der Waals surface area contributed by atoms with Gasteiger partial charge in [0.25, 0.3) is 0 Å². The lowest BCUT2D eigenvalue weighted by Crippen LogP contribution is -2.14. The summed E-state index contributed by atoms with van der Waals surface area (Å²) in [7, 11) is 0. The molecular formula is C17H32O4. The van der Waals surface area contributed by atoms with Crippen LogP contribution in [0.15, 0.2) is 12.2 Å². The molecule has 0 aliphatic heterocycles. The fourth-order valence-electron chi connectivity index (χ4n) is 1.81. The SMILES string of the molecule is CCCCOC(=O)CCCCC/C=C\C(OCC)OCC. The molecule has 0 aromatic rings. The Morgan fingerprint density at radius 1 is 1.00 bits per heavy atom. The summed E-state index contributed by atoms with van der Waals surface area (Å²) in [6.07, 6.45) is 10.4. The monoisotopic (exact) mass is 300 g/mol. The molecule has 0 saturated heterocycles. The van der Waals surface area contributed by atoms with Crippen LogP contribution in [0.2, 0.25) is 0 Å². The van der Waals surface area contributed by atoms with E-state index in [0.29, 0.717) is 26.2 Å². The van der Waals surface area contributed by atoms with Gasteiger partial charge in [-0.25, -0.2) is 0 Å². The lowest BCUT2D eigenvalue weighted by Gasteiger charge is -2.12. The van der Waals surface area contributed by atoms with Gasteiger partial charge in [-0.3, -0.25) is 4.79 Å². The summed E-state index contributed by atoms with van der Waals surface area (Å²) in [5.41, 5.74) is 0. The normalized spacial score (nSPS) is 11.4. The van der Waals surface area contributed by atoms with Crippen molar-refractivity contribution in [1.29, 1.82) is 0 Å². The summed E-state index contributed by atoms with van der Waals surface area (Å²) in [6.45, 7) is 7.86. The average molecular weight is 300 g/mol. The van der Waals surface area contributed by atoms with Gasteiger partial charge in [0.2, 0.25) is 0 Å². The number of hydrogen-bond acceptors (Lipinski definition) is 4. The molecule has 0 unspecified atom stereocenters. The third kappa shape index (κ3) is 13.9. The molecule has 0 radical (unpaired) electrons. The van der Waals surface area contributed by atoms with E-state index in [1.807, 2.05) is 19.9 Å². The highest BCUT2D eigenvalue weighted by Gasteiger charge is 2.02. The van der Waals surface area contributed by atoms with Crippen LogP contribution in [0.4, 0.5) is 0 Å². The Morgan fingerprint density at radius 3 is 2.33 bits per heavy atom. The van der Waals surface area contributed by atoms with Gasteiger partial charge in [-0.2, -0.15) is 0 Å². The Kier molecular flexibility index (Phi) is 14.9. The van der Waals surface area contributed by atoms with E-state index in [0.717, 1.165) is 38.5 Å². The van der Waals surface area contributed by atoms with Crippen LogP contribution in [-0.2, 0) is 19.0 Å². The molecule has 0 bridgehead atoms. The largest absolute Gasteiger partial charge is 0.466 e. The third-order valence-electron chi connectivity index (χ3n) is 2.97. The smallest absolute Gasteiger partial charge is 0.305 e. The van der Waals surface area contributed by atoms with Crippen LogP contribution in [0.1, 0.15) is 65.7 Å². The minimum atomic E-state index is -0.228. The summed E-state index contributed by atoms with van der Waals surface area (Å²) < 4.78 is 15.9. The Bertz CT molecular complexity index is 258. The molecular weight excluding hydrogens is 268 g/mol. The summed E-state index contributed by atoms with van der Waals surface area (Å²) >= 11 is 0. The van der Waals surface area contributed by atoms with Gasteiger partial charge in [-0.15, -0.1) is 0 Å². The quantitative estimate of drug-likeness (QED) is 0.208. The molecule has 0 N–H and O–H groups in total. The predicted octanol–water partition coefficient (Wildman–Crippen LogP) is 4.24. The van der Waals surface area contributed by atoms with Crippen molar-refractivity contribution < 1.29 is 19.0 Å². The molecule has 4 nitrogen and oxygen atoms in total. The molecule has 124 valence electrons. The molecule has 0 aromatic heterocycles. The molecule has 0 rings (SSSR count). The van der Waals surface area contributed by atoms with Crippen molar-refractivity contribution in [2.24, 2.45) is 0 Å². The highest BCUT2D eigenvalue weighted by Crippen LogP contribution is 2.06. The molecule has 0 saturated carbocycles. The first kappa shape index (κ1) is 20.1. The van der Waals surface area contributed by atoms with Crippen molar-refractivity contribution >= 4 is 5.97 Å². The first-order valence-corrected chi connectivity index (χ1v) is 8.30. The van der Waals surface area contributed by atoms with Gasteiger partial charge in [-0.05, 0) is 45.6 Å². The van der Waals surface area contributed by atoms with Gasteiger partial charge >= 0.3 is 5.97 Å². The van der Waals surface area contributed by atoms with Crippen LogP contribution in [0.3, 0.4) is 0 Å². The topological polar surface area (TPSA) is 44.8 Å². The van der Waals surface area contributed by atoms with Crippen LogP contribution < -0.4 is 0 Å². The maximum Gasteiger partial charge on any atom is 0.305 e. The molecule has 0 heterocycles. The second kappa shape index (κ2) is 15.5. The summed E-state index contributed by atoms with van der Waals surface area (Å²) in [5.74, 6) is -0.0632. The van der Waals surface area contributed by atoms with Gasteiger partial charge in [0.05, 0.1) is 6.61 Å². The Hall–Kier alpha value is -0.870. The van der Waals surface area contributed by atoms with Crippen LogP contribution in [-0.4, -0.2) is 32.1 Å². The molecule has 21 heavy (non-hydrogen) atoms. The molecule has 4 heteroatoms. The molecule has 0 fully saturated rings. The number of hydrogen-bond donors (Lipinski definition) is 0. The lowest BCUT2D eigenvalue weighted by molar-refractivity contribution is -0.143. The number of ether oxygens (including phenoxy) is 3. The van der Waals surface area contributed by atoms with Gasteiger partial charge in [0, 0.05) is 19.6 Å². The molecule has 0 aromatic carbocycles. The van der Waals surface area contributed by atoms with E-state index in [1.165, 1.54) is 0 Å². The number of esters is 1. The van der Waals surface area contributed by atoms with Crippen molar-refractivity contribution in [3.05, 3.63) is 12.2 Å². The molecule has 0 atom stereocenters. The molecule has 0 amide bonds. The van der Waals surface area contributed by atoms with Crippen molar-refractivity contribution in [2.75, 3.05) is 19.8 Å². The van der Waals surface area contributed by atoms with Crippen LogP contribution in [0.5, 0.6) is 0 Å². The van der Waals surface area contributed by atoms with Gasteiger partial charge in [-0.1, -0.05) is 25.8 Å². The fraction of sp³-hybridized carbons (Fsp3) is 0.824. The first-order chi connectivity index (χ1) is 10.2. The Labute approximate surface area is 129 Å². The summed E-state index contributed by atoms with van der Waals surface area (Å²) in [5, 5.41) is 0. The van der Waals surface area contributed by atoms with Crippen molar-refractivity contribution in [2.45, 2.75) is 72.0 Å². The maximum absolute atomic E-state index is 11.4. The number of carbonyl (C=O) groups excluding carboxylic acids is 1.